The van der Waals surface area contributed by atoms with E-state index in [0.717, 1.165) is 12.0 Å². The van der Waals surface area contributed by atoms with Crippen molar-refractivity contribution in [3.8, 4) is 0 Å². The van der Waals surface area contributed by atoms with Crippen LogP contribution in [0.25, 0.3) is 0 Å². The van der Waals surface area contributed by atoms with Gasteiger partial charge in [-0.05, 0) is 30.0 Å². The average Bonchev–Trinajstić information content (AvgIpc) is 2.57. The van der Waals surface area contributed by atoms with E-state index in [1.165, 1.54) is 18.1 Å². The molecule has 0 heterocycles. The molecule has 2 atom stereocenters. The molecule has 0 aromatic heterocycles. The molecule has 0 saturated carbocycles. The summed E-state index contributed by atoms with van der Waals surface area (Å²) >= 11 is 0. The summed E-state index contributed by atoms with van der Waals surface area (Å²) in [5.41, 5.74) is 7.24. The van der Waals surface area contributed by atoms with Crippen molar-refractivity contribution < 1.29 is 20.4 Å². The summed E-state index contributed by atoms with van der Waals surface area (Å²) in [5, 5.41) is 13.0. The van der Waals surface area contributed by atoms with Crippen molar-refractivity contribution in [3.63, 3.8) is 0 Å². The van der Waals surface area contributed by atoms with Crippen molar-refractivity contribution >= 4 is 11.9 Å². The van der Waals surface area contributed by atoms with Gasteiger partial charge in [0.1, 0.15) is 0 Å². The van der Waals surface area contributed by atoms with E-state index in [2.05, 4.69) is 23.2 Å². The SMILES string of the molecule is CC(NC(=O)C([NH3+])Cc1ccc(Cc2ccccc2)cc1)C(=O)[O-]. The van der Waals surface area contributed by atoms with Gasteiger partial charge < -0.3 is 21.0 Å². The summed E-state index contributed by atoms with van der Waals surface area (Å²) in [4.78, 5) is 22.6. The Kier molecular flexibility index (Phi) is 6.09. The number of amides is 1. The molecule has 126 valence electrons. The van der Waals surface area contributed by atoms with Gasteiger partial charge in [-0.25, -0.2) is 0 Å². The average molecular weight is 326 g/mol. The molecule has 4 N–H and O–H groups in total. The van der Waals surface area contributed by atoms with Crippen LogP contribution in [0.4, 0.5) is 0 Å². The molecule has 0 aliphatic carbocycles. The lowest BCUT2D eigenvalue weighted by molar-refractivity contribution is -0.403. The van der Waals surface area contributed by atoms with Crippen molar-refractivity contribution in [2.75, 3.05) is 0 Å². The number of quaternary nitrogens is 1. The molecule has 2 rings (SSSR count). The van der Waals surface area contributed by atoms with Gasteiger partial charge in [-0.3, -0.25) is 4.79 Å². The Morgan fingerprint density at radius 3 is 2.12 bits per heavy atom. The first kappa shape index (κ1) is 17.7. The number of aliphatic carboxylic acids is 1. The van der Waals surface area contributed by atoms with Crippen molar-refractivity contribution in [3.05, 3.63) is 71.3 Å². The van der Waals surface area contributed by atoms with Gasteiger partial charge in [-0.15, -0.1) is 0 Å². The number of rotatable bonds is 7. The fraction of sp³-hybridized carbons (Fsp3) is 0.263. The molecule has 1 amide bonds. The van der Waals surface area contributed by atoms with Crippen LogP contribution in [0.1, 0.15) is 23.6 Å². The minimum absolute atomic E-state index is 0.389. The van der Waals surface area contributed by atoms with Gasteiger partial charge in [-0.2, -0.15) is 0 Å². The molecule has 0 fully saturated rings. The summed E-state index contributed by atoms with van der Waals surface area (Å²) in [6.07, 6.45) is 1.32. The molecule has 0 saturated heterocycles. The van der Waals surface area contributed by atoms with Crippen LogP contribution in [-0.4, -0.2) is 24.0 Å². The van der Waals surface area contributed by atoms with Crippen molar-refractivity contribution in [1.29, 1.82) is 0 Å². The Morgan fingerprint density at radius 2 is 1.54 bits per heavy atom. The zero-order chi connectivity index (χ0) is 17.5. The molecule has 5 heteroatoms. The maximum atomic E-state index is 11.9. The normalized spacial score (nSPS) is 13.1. The molecule has 5 nitrogen and oxygen atoms in total. The number of hydrogen-bond donors (Lipinski definition) is 2. The number of carbonyl (C=O) groups excluding carboxylic acids is 2. The fourth-order valence-electron chi connectivity index (χ4n) is 2.39. The summed E-state index contributed by atoms with van der Waals surface area (Å²) < 4.78 is 0. The van der Waals surface area contributed by atoms with Crippen LogP contribution < -0.4 is 16.2 Å². The molecule has 0 bridgehead atoms. The van der Waals surface area contributed by atoms with E-state index in [9.17, 15) is 14.7 Å². The third-order valence-corrected chi connectivity index (χ3v) is 3.84. The Hall–Kier alpha value is -2.66. The fourth-order valence-corrected chi connectivity index (χ4v) is 2.39. The van der Waals surface area contributed by atoms with Crippen LogP contribution in [0, 0.1) is 0 Å². The van der Waals surface area contributed by atoms with Crippen LogP contribution in [0.15, 0.2) is 54.6 Å². The molecule has 24 heavy (non-hydrogen) atoms. The molecule has 2 aromatic carbocycles. The van der Waals surface area contributed by atoms with E-state index in [0.29, 0.717) is 6.42 Å². The Morgan fingerprint density at radius 1 is 1.00 bits per heavy atom. The molecule has 0 aliphatic heterocycles. The van der Waals surface area contributed by atoms with E-state index >= 15 is 0 Å². The molecule has 0 spiro atoms. The van der Waals surface area contributed by atoms with Gasteiger partial charge in [0.2, 0.25) is 0 Å². The van der Waals surface area contributed by atoms with E-state index in [1.54, 1.807) is 0 Å². The Labute approximate surface area is 141 Å². The summed E-state index contributed by atoms with van der Waals surface area (Å²) in [6, 6.07) is 16.7. The van der Waals surface area contributed by atoms with Gasteiger partial charge >= 0.3 is 0 Å². The van der Waals surface area contributed by atoms with Crippen LogP contribution in [-0.2, 0) is 22.4 Å². The highest BCUT2D eigenvalue weighted by molar-refractivity contribution is 5.85. The van der Waals surface area contributed by atoms with E-state index in [1.807, 2.05) is 42.5 Å². The predicted octanol–water partition coefficient (Wildman–Crippen LogP) is -0.315. The van der Waals surface area contributed by atoms with Gasteiger partial charge in [0.15, 0.2) is 6.04 Å². The van der Waals surface area contributed by atoms with Gasteiger partial charge in [-0.1, -0.05) is 54.6 Å². The molecular weight excluding hydrogens is 304 g/mol. The summed E-state index contributed by atoms with van der Waals surface area (Å²) in [6.45, 7) is 1.37. The number of hydrogen-bond acceptors (Lipinski definition) is 3. The van der Waals surface area contributed by atoms with Crippen molar-refractivity contribution in [2.45, 2.75) is 31.8 Å². The Balaban J connectivity index is 1.91. The summed E-state index contributed by atoms with van der Waals surface area (Å²) in [5.74, 6) is -1.69. The predicted molar refractivity (Wildman–Crippen MR) is 88.7 cm³/mol. The summed E-state index contributed by atoms with van der Waals surface area (Å²) in [7, 11) is 0. The van der Waals surface area contributed by atoms with Gasteiger partial charge in [0, 0.05) is 6.42 Å². The number of nitrogens with one attached hydrogen (secondary N) is 1. The smallest absolute Gasteiger partial charge is 0.279 e. The maximum absolute atomic E-state index is 11.9. The number of carboxylic acid groups (broad SMARTS) is 1. The van der Waals surface area contributed by atoms with E-state index in [4.69, 9.17) is 0 Å². The van der Waals surface area contributed by atoms with Crippen LogP contribution in [0.3, 0.4) is 0 Å². The Bertz CT molecular complexity index is 684. The van der Waals surface area contributed by atoms with Crippen LogP contribution >= 0.6 is 0 Å². The molecule has 0 radical (unpaired) electrons. The van der Waals surface area contributed by atoms with E-state index in [-0.39, 0.29) is 5.91 Å². The highest BCUT2D eigenvalue weighted by atomic mass is 16.4. The number of carboxylic acids is 1. The quantitative estimate of drug-likeness (QED) is 0.730. The number of carbonyl (C=O) groups is 2. The number of benzene rings is 2. The topological polar surface area (TPSA) is 96.9 Å². The lowest BCUT2D eigenvalue weighted by Gasteiger charge is -2.16. The first-order valence-corrected chi connectivity index (χ1v) is 7.91. The van der Waals surface area contributed by atoms with Crippen molar-refractivity contribution in [1.82, 2.24) is 5.32 Å². The van der Waals surface area contributed by atoms with Gasteiger partial charge in [0.05, 0.1) is 12.0 Å². The van der Waals surface area contributed by atoms with Crippen LogP contribution in [0.2, 0.25) is 0 Å². The largest absolute Gasteiger partial charge is 0.548 e. The first-order valence-electron chi connectivity index (χ1n) is 7.91. The standard InChI is InChI=1S/C19H22N2O3/c1-13(19(23)24)21-18(22)17(20)12-16-9-7-15(8-10-16)11-14-5-3-2-4-6-14/h2-10,13,17H,11-12,20H2,1H3,(H,21,22)(H,23,24). The lowest BCUT2D eigenvalue weighted by Crippen LogP contribution is -2.69. The zero-order valence-corrected chi connectivity index (χ0v) is 13.7. The maximum Gasteiger partial charge on any atom is 0.279 e. The second-order valence-electron chi connectivity index (χ2n) is 5.93. The third kappa shape index (κ3) is 5.21. The first-order chi connectivity index (χ1) is 11.5. The second-order valence-corrected chi connectivity index (χ2v) is 5.93. The molecular formula is C19H22N2O3. The van der Waals surface area contributed by atoms with Crippen molar-refractivity contribution in [2.24, 2.45) is 0 Å². The minimum Gasteiger partial charge on any atom is -0.548 e. The highest BCUT2D eigenvalue weighted by Crippen LogP contribution is 2.11. The lowest BCUT2D eigenvalue weighted by atomic mass is 10.0. The third-order valence-electron chi connectivity index (χ3n) is 3.84. The second kappa shape index (κ2) is 8.26. The molecule has 2 unspecified atom stereocenters. The zero-order valence-electron chi connectivity index (χ0n) is 13.7. The molecule has 2 aromatic rings. The molecule has 0 aliphatic rings. The van der Waals surface area contributed by atoms with E-state index < -0.39 is 18.1 Å². The highest BCUT2D eigenvalue weighted by Gasteiger charge is 2.19. The minimum atomic E-state index is -1.30. The monoisotopic (exact) mass is 326 g/mol. The van der Waals surface area contributed by atoms with Gasteiger partial charge in [0.25, 0.3) is 5.91 Å². The van der Waals surface area contributed by atoms with Crippen LogP contribution in [0.5, 0.6) is 0 Å².